The van der Waals surface area contributed by atoms with Gasteiger partial charge in [0.1, 0.15) is 12.4 Å². The molecule has 178 valence electrons. The van der Waals surface area contributed by atoms with E-state index >= 15 is 0 Å². The predicted octanol–water partition coefficient (Wildman–Crippen LogP) is 2.60. The third-order valence-corrected chi connectivity index (χ3v) is 5.11. The molecule has 0 bridgehead atoms. The number of hydrogen-bond acceptors (Lipinski definition) is 7. The Balaban J connectivity index is 1.80. The molecule has 1 amide bonds. The summed E-state index contributed by atoms with van der Waals surface area (Å²) in [5.74, 6) is 0.178. The standard InChI is InChI=1S/C24H35NO7/c1-5-8-29-15-21(25-23(26)19-7-6-9-30-14-19)16-31-10-11-32-22-17(2)12-20(13-18(22)3)24(27)28-4/h5,12-13,19,21H,1,6-11,14-16H2,2-4H3,(H,25,26). The molecule has 1 heterocycles. The minimum Gasteiger partial charge on any atom is -0.491 e. The van der Waals surface area contributed by atoms with Gasteiger partial charge in [0, 0.05) is 6.61 Å². The Kier molecular flexibility index (Phi) is 11.2. The smallest absolute Gasteiger partial charge is 0.337 e. The number of carbonyl (C=O) groups is 2. The van der Waals surface area contributed by atoms with Gasteiger partial charge in [0.15, 0.2) is 0 Å². The Bertz CT molecular complexity index is 736. The third-order valence-electron chi connectivity index (χ3n) is 5.11. The molecule has 1 N–H and O–H groups in total. The second kappa shape index (κ2) is 13.9. The highest BCUT2D eigenvalue weighted by Gasteiger charge is 2.24. The number of hydrogen-bond donors (Lipinski definition) is 1. The Labute approximate surface area is 190 Å². The maximum absolute atomic E-state index is 12.5. The summed E-state index contributed by atoms with van der Waals surface area (Å²) < 4.78 is 27.3. The summed E-state index contributed by atoms with van der Waals surface area (Å²) in [4.78, 5) is 24.2. The molecule has 1 aliphatic rings. The van der Waals surface area contributed by atoms with Gasteiger partial charge in [-0.25, -0.2) is 4.79 Å². The molecule has 1 saturated heterocycles. The van der Waals surface area contributed by atoms with Gasteiger partial charge in [0.25, 0.3) is 0 Å². The Hall–Kier alpha value is -2.42. The van der Waals surface area contributed by atoms with E-state index in [2.05, 4.69) is 11.9 Å². The Morgan fingerprint density at radius 1 is 1.22 bits per heavy atom. The number of esters is 1. The van der Waals surface area contributed by atoms with Crippen LogP contribution in [-0.2, 0) is 23.7 Å². The summed E-state index contributed by atoms with van der Waals surface area (Å²) in [6.07, 6.45) is 3.38. The quantitative estimate of drug-likeness (QED) is 0.281. The third kappa shape index (κ3) is 8.26. The maximum atomic E-state index is 12.5. The lowest BCUT2D eigenvalue weighted by molar-refractivity contribution is -0.130. The molecular formula is C24H35NO7. The lowest BCUT2D eigenvalue weighted by Crippen LogP contribution is -2.46. The molecule has 1 fully saturated rings. The lowest BCUT2D eigenvalue weighted by atomic mass is 10.0. The van der Waals surface area contributed by atoms with Crippen molar-refractivity contribution in [1.29, 1.82) is 0 Å². The summed E-state index contributed by atoms with van der Waals surface area (Å²) in [5, 5.41) is 3.01. The summed E-state index contributed by atoms with van der Waals surface area (Å²) >= 11 is 0. The molecular weight excluding hydrogens is 414 g/mol. The average Bonchev–Trinajstić information content (AvgIpc) is 2.80. The molecule has 1 aromatic rings. The minimum atomic E-state index is -0.377. The molecule has 0 saturated carbocycles. The van der Waals surface area contributed by atoms with Crippen LogP contribution in [0.25, 0.3) is 0 Å². The molecule has 0 spiro atoms. The van der Waals surface area contributed by atoms with Gasteiger partial charge in [-0.05, 0) is 49.9 Å². The number of aryl methyl sites for hydroxylation is 2. The minimum absolute atomic E-state index is 0.0336. The number of rotatable bonds is 13. The van der Waals surface area contributed by atoms with Gasteiger partial charge in [-0.1, -0.05) is 6.08 Å². The van der Waals surface area contributed by atoms with E-state index in [4.69, 9.17) is 23.7 Å². The largest absolute Gasteiger partial charge is 0.491 e. The molecule has 1 aromatic carbocycles. The number of methoxy groups -OCH3 is 1. The zero-order chi connectivity index (χ0) is 23.3. The van der Waals surface area contributed by atoms with Crippen LogP contribution in [0.4, 0.5) is 0 Å². The molecule has 8 nitrogen and oxygen atoms in total. The summed E-state index contributed by atoms with van der Waals surface area (Å²) in [6, 6.07) is 3.21. The molecule has 2 unspecified atom stereocenters. The molecule has 2 rings (SSSR count). The van der Waals surface area contributed by atoms with Crippen LogP contribution >= 0.6 is 0 Å². The highest BCUT2D eigenvalue weighted by molar-refractivity contribution is 5.90. The van der Waals surface area contributed by atoms with Gasteiger partial charge in [0.05, 0.1) is 57.7 Å². The summed E-state index contributed by atoms with van der Waals surface area (Å²) in [7, 11) is 1.36. The van der Waals surface area contributed by atoms with Crippen LogP contribution in [0.5, 0.6) is 5.75 Å². The number of nitrogens with one attached hydrogen (secondary N) is 1. The molecule has 0 aliphatic carbocycles. The zero-order valence-corrected chi connectivity index (χ0v) is 19.3. The summed E-state index contributed by atoms with van der Waals surface area (Å²) in [6.45, 7) is 10.3. The first-order chi connectivity index (χ1) is 15.5. The van der Waals surface area contributed by atoms with Crippen molar-refractivity contribution >= 4 is 11.9 Å². The van der Waals surface area contributed by atoms with Crippen molar-refractivity contribution in [3.63, 3.8) is 0 Å². The second-order valence-electron chi connectivity index (χ2n) is 7.80. The van der Waals surface area contributed by atoms with E-state index in [1.165, 1.54) is 7.11 Å². The topological polar surface area (TPSA) is 92.3 Å². The maximum Gasteiger partial charge on any atom is 0.337 e. The van der Waals surface area contributed by atoms with Crippen LogP contribution in [0, 0.1) is 19.8 Å². The number of carbonyl (C=O) groups excluding carboxylic acids is 2. The van der Waals surface area contributed by atoms with Gasteiger partial charge in [0.2, 0.25) is 5.91 Å². The van der Waals surface area contributed by atoms with E-state index in [1.54, 1.807) is 18.2 Å². The zero-order valence-electron chi connectivity index (χ0n) is 19.3. The molecule has 2 atom stereocenters. The Morgan fingerprint density at radius 2 is 1.94 bits per heavy atom. The monoisotopic (exact) mass is 449 g/mol. The van der Waals surface area contributed by atoms with Crippen molar-refractivity contribution in [2.45, 2.75) is 32.7 Å². The van der Waals surface area contributed by atoms with Crippen LogP contribution in [0.3, 0.4) is 0 Å². The van der Waals surface area contributed by atoms with Crippen molar-refractivity contribution in [2.75, 3.05) is 53.4 Å². The van der Waals surface area contributed by atoms with Gasteiger partial charge in [-0.15, -0.1) is 6.58 Å². The Morgan fingerprint density at radius 3 is 2.56 bits per heavy atom. The fraction of sp³-hybridized carbons (Fsp3) is 0.583. The van der Waals surface area contributed by atoms with Crippen molar-refractivity contribution in [3.8, 4) is 5.75 Å². The van der Waals surface area contributed by atoms with Gasteiger partial charge in [-0.2, -0.15) is 0 Å². The van der Waals surface area contributed by atoms with E-state index < -0.39 is 0 Å². The van der Waals surface area contributed by atoms with Crippen LogP contribution in [0.2, 0.25) is 0 Å². The predicted molar refractivity (Wildman–Crippen MR) is 120 cm³/mol. The normalized spacial score (nSPS) is 16.8. The van der Waals surface area contributed by atoms with Gasteiger partial charge in [-0.3, -0.25) is 4.79 Å². The first kappa shape index (κ1) is 25.8. The SMILES string of the molecule is C=CCOCC(COCCOc1c(C)cc(C(=O)OC)cc1C)NC(=O)C1CCCOC1. The number of ether oxygens (including phenoxy) is 5. The van der Waals surface area contributed by atoms with Crippen LogP contribution in [0.15, 0.2) is 24.8 Å². The molecule has 32 heavy (non-hydrogen) atoms. The summed E-state index contributed by atoms with van der Waals surface area (Å²) in [5.41, 5.74) is 2.19. The highest BCUT2D eigenvalue weighted by Crippen LogP contribution is 2.25. The fourth-order valence-electron chi connectivity index (χ4n) is 3.53. The van der Waals surface area contributed by atoms with E-state index in [0.29, 0.717) is 51.8 Å². The second-order valence-corrected chi connectivity index (χ2v) is 7.80. The van der Waals surface area contributed by atoms with Gasteiger partial charge >= 0.3 is 5.97 Å². The van der Waals surface area contributed by atoms with E-state index in [-0.39, 0.29) is 23.8 Å². The number of amides is 1. The van der Waals surface area contributed by atoms with E-state index in [1.807, 2.05) is 13.8 Å². The molecule has 1 aliphatic heterocycles. The average molecular weight is 450 g/mol. The first-order valence-corrected chi connectivity index (χ1v) is 10.9. The molecule has 0 radical (unpaired) electrons. The van der Waals surface area contributed by atoms with Crippen molar-refractivity contribution in [3.05, 3.63) is 41.5 Å². The van der Waals surface area contributed by atoms with Crippen molar-refractivity contribution < 1.29 is 33.3 Å². The highest BCUT2D eigenvalue weighted by atomic mass is 16.5. The lowest BCUT2D eigenvalue weighted by Gasteiger charge is -2.25. The van der Waals surface area contributed by atoms with Crippen LogP contribution < -0.4 is 10.1 Å². The first-order valence-electron chi connectivity index (χ1n) is 10.9. The molecule has 8 heteroatoms. The van der Waals surface area contributed by atoms with Crippen LogP contribution in [0.1, 0.15) is 34.3 Å². The van der Waals surface area contributed by atoms with Crippen molar-refractivity contribution in [1.82, 2.24) is 5.32 Å². The van der Waals surface area contributed by atoms with E-state index in [0.717, 1.165) is 29.7 Å². The molecule has 0 aromatic heterocycles. The fourth-order valence-corrected chi connectivity index (χ4v) is 3.53. The van der Waals surface area contributed by atoms with E-state index in [9.17, 15) is 9.59 Å². The van der Waals surface area contributed by atoms with Crippen molar-refractivity contribution in [2.24, 2.45) is 5.92 Å². The van der Waals surface area contributed by atoms with Crippen LogP contribution in [-0.4, -0.2) is 71.3 Å². The number of benzene rings is 1. The van der Waals surface area contributed by atoms with Gasteiger partial charge < -0.3 is 29.0 Å².